The van der Waals surface area contributed by atoms with Crippen LogP contribution in [-0.4, -0.2) is 22.3 Å². The van der Waals surface area contributed by atoms with E-state index in [0.717, 1.165) is 31.1 Å². The zero-order valence-electron chi connectivity index (χ0n) is 12.8. The first-order valence-electron chi connectivity index (χ1n) is 7.74. The largest absolute Gasteiger partial charge is 0.347 e. The number of fused-ring (bicyclic) bond motifs is 1. The Kier molecular flexibility index (Phi) is 4.85. The predicted molar refractivity (Wildman–Crippen MR) is 88.5 cm³/mol. The van der Waals surface area contributed by atoms with Gasteiger partial charge in [0.1, 0.15) is 5.01 Å². The van der Waals surface area contributed by atoms with Crippen molar-refractivity contribution in [1.29, 1.82) is 0 Å². The van der Waals surface area contributed by atoms with E-state index in [9.17, 15) is 4.79 Å². The minimum atomic E-state index is 0.0447. The molecule has 3 rings (SSSR count). The zero-order chi connectivity index (χ0) is 15.4. The van der Waals surface area contributed by atoms with Gasteiger partial charge in [-0.1, -0.05) is 31.2 Å². The Bertz CT molecular complexity index is 602. The van der Waals surface area contributed by atoms with E-state index in [1.807, 2.05) is 5.38 Å². The molecule has 0 unspecified atom stereocenters. The van der Waals surface area contributed by atoms with Crippen molar-refractivity contribution in [2.45, 2.75) is 38.9 Å². The lowest BCUT2D eigenvalue weighted by molar-refractivity contribution is -0.122. The quantitative estimate of drug-likeness (QED) is 0.891. The third-order valence-corrected chi connectivity index (χ3v) is 4.94. The summed E-state index contributed by atoms with van der Waals surface area (Å²) in [6.45, 7) is 4.78. The third-order valence-electron chi connectivity index (χ3n) is 4.05. The van der Waals surface area contributed by atoms with E-state index in [4.69, 9.17) is 0 Å². The first-order valence-corrected chi connectivity index (χ1v) is 8.62. The van der Waals surface area contributed by atoms with E-state index >= 15 is 0 Å². The van der Waals surface area contributed by atoms with Gasteiger partial charge >= 0.3 is 0 Å². The van der Waals surface area contributed by atoms with E-state index < -0.39 is 0 Å². The standard InChI is InChI=1S/C17H21N3OS/c1-2-15(17-18-8-10-22-17)19-16(21)7-9-20-11-13-5-3-4-6-14(13)12-20/h3-6,8,10,15H,2,7,9,11-12H2,1H3,(H,19,21)/t15-/m0/s1. The van der Waals surface area contributed by atoms with Crippen molar-refractivity contribution in [2.24, 2.45) is 0 Å². The van der Waals surface area contributed by atoms with Crippen molar-refractivity contribution >= 4 is 17.2 Å². The summed E-state index contributed by atoms with van der Waals surface area (Å²) in [6.07, 6.45) is 3.19. The number of benzene rings is 1. The molecule has 0 aliphatic carbocycles. The van der Waals surface area contributed by atoms with Crippen LogP contribution < -0.4 is 5.32 Å². The smallest absolute Gasteiger partial charge is 0.221 e. The molecule has 1 aromatic carbocycles. The number of aromatic nitrogens is 1. The van der Waals surface area contributed by atoms with Crippen molar-refractivity contribution in [3.05, 3.63) is 52.0 Å². The van der Waals surface area contributed by atoms with Gasteiger partial charge in [0.05, 0.1) is 6.04 Å². The molecule has 0 saturated heterocycles. The molecule has 2 aromatic rings. The summed E-state index contributed by atoms with van der Waals surface area (Å²) in [5.41, 5.74) is 2.77. The first-order chi connectivity index (χ1) is 10.8. The highest BCUT2D eigenvalue weighted by Crippen LogP contribution is 2.22. The minimum absolute atomic E-state index is 0.0447. The van der Waals surface area contributed by atoms with Crippen molar-refractivity contribution in [2.75, 3.05) is 6.54 Å². The Hall–Kier alpha value is -1.72. The molecular weight excluding hydrogens is 294 g/mol. The summed E-state index contributed by atoms with van der Waals surface area (Å²) in [7, 11) is 0. The number of amides is 1. The molecule has 0 radical (unpaired) electrons. The molecule has 1 amide bonds. The molecule has 22 heavy (non-hydrogen) atoms. The first kappa shape index (κ1) is 15.2. The van der Waals surface area contributed by atoms with Gasteiger partial charge in [-0.3, -0.25) is 9.69 Å². The van der Waals surface area contributed by atoms with Crippen LogP contribution in [-0.2, 0) is 17.9 Å². The predicted octanol–water partition coefficient (Wildman–Crippen LogP) is 3.12. The number of thiazole rings is 1. The summed E-state index contributed by atoms with van der Waals surface area (Å²) >= 11 is 1.60. The molecule has 0 saturated carbocycles. The molecule has 1 aliphatic heterocycles. The van der Waals surface area contributed by atoms with Crippen molar-refractivity contribution in [1.82, 2.24) is 15.2 Å². The number of nitrogens with zero attached hydrogens (tertiary/aromatic N) is 2. The van der Waals surface area contributed by atoms with Crippen LogP contribution in [0.15, 0.2) is 35.8 Å². The van der Waals surface area contributed by atoms with Crippen LogP contribution in [0.2, 0.25) is 0 Å². The van der Waals surface area contributed by atoms with Crippen LogP contribution in [0.5, 0.6) is 0 Å². The minimum Gasteiger partial charge on any atom is -0.347 e. The lowest BCUT2D eigenvalue weighted by Crippen LogP contribution is -2.31. The average Bonchev–Trinajstić information content (AvgIpc) is 3.19. The lowest BCUT2D eigenvalue weighted by Gasteiger charge is -2.17. The van der Waals surface area contributed by atoms with Gasteiger partial charge in [0, 0.05) is 37.6 Å². The summed E-state index contributed by atoms with van der Waals surface area (Å²) in [6, 6.07) is 8.54. The topological polar surface area (TPSA) is 45.2 Å². The van der Waals surface area contributed by atoms with Crippen LogP contribution in [0.25, 0.3) is 0 Å². The van der Waals surface area contributed by atoms with E-state index in [1.165, 1.54) is 11.1 Å². The molecule has 1 atom stereocenters. The highest BCUT2D eigenvalue weighted by molar-refractivity contribution is 7.09. The fourth-order valence-electron chi connectivity index (χ4n) is 2.83. The molecule has 1 aromatic heterocycles. The molecule has 0 spiro atoms. The molecular formula is C17H21N3OS. The molecule has 2 heterocycles. The maximum atomic E-state index is 12.2. The third kappa shape index (κ3) is 3.54. The van der Waals surface area contributed by atoms with E-state index in [1.54, 1.807) is 17.5 Å². The van der Waals surface area contributed by atoms with Gasteiger partial charge in [0.15, 0.2) is 0 Å². The van der Waals surface area contributed by atoms with Crippen LogP contribution in [0.3, 0.4) is 0 Å². The van der Waals surface area contributed by atoms with Gasteiger partial charge < -0.3 is 5.32 Å². The fraction of sp³-hybridized carbons (Fsp3) is 0.412. The van der Waals surface area contributed by atoms with Gasteiger partial charge in [-0.25, -0.2) is 4.98 Å². The molecule has 116 valence electrons. The number of hydrogen-bond acceptors (Lipinski definition) is 4. The number of carbonyl (C=O) groups excluding carboxylic acids is 1. The maximum Gasteiger partial charge on any atom is 0.221 e. The molecule has 4 nitrogen and oxygen atoms in total. The Morgan fingerprint density at radius 1 is 1.36 bits per heavy atom. The highest BCUT2D eigenvalue weighted by atomic mass is 32.1. The summed E-state index contributed by atoms with van der Waals surface area (Å²) < 4.78 is 0. The van der Waals surface area contributed by atoms with Crippen molar-refractivity contribution in [3.63, 3.8) is 0 Å². The Balaban J connectivity index is 1.47. The Morgan fingerprint density at radius 2 is 2.09 bits per heavy atom. The van der Waals surface area contributed by atoms with Gasteiger partial charge in [-0.15, -0.1) is 11.3 Å². The second-order valence-corrected chi connectivity index (χ2v) is 6.55. The second kappa shape index (κ2) is 7.03. The molecule has 0 fully saturated rings. The number of rotatable bonds is 6. The molecule has 1 aliphatic rings. The number of nitrogens with one attached hydrogen (secondary N) is 1. The van der Waals surface area contributed by atoms with Gasteiger partial charge in [-0.2, -0.15) is 0 Å². The van der Waals surface area contributed by atoms with Crippen molar-refractivity contribution < 1.29 is 4.79 Å². The van der Waals surface area contributed by atoms with Crippen molar-refractivity contribution in [3.8, 4) is 0 Å². The van der Waals surface area contributed by atoms with E-state index in [-0.39, 0.29) is 11.9 Å². The van der Waals surface area contributed by atoms with Crippen LogP contribution in [0.1, 0.15) is 41.9 Å². The highest BCUT2D eigenvalue weighted by Gasteiger charge is 2.20. The molecule has 1 N–H and O–H groups in total. The summed E-state index contributed by atoms with van der Waals surface area (Å²) in [4.78, 5) is 18.8. The van der Waals surface area contributed by atoms with Crippen LogP contribution in [0, 0.1) is 0 Å². The SMILES string of the molecule is CC[C@H](NC(=O)CCN1Cc2ccccc2C1)c1nccs1. The van der Waals surface area contributed by atoms with Gasteiger partial charge in [-0.05, 0) is 17.5 Å². The lowest BCUT2D eigenvalue weighted by atomic mass is 10.1. The molecule has 5 heteroatoms. The molecule has 0 bridgehead atoms. The Morgan fingerprint density at radius 3 is 2.68 bits per heavy atom. The second-order valence-electron chi connectivity index (χ2n) is 5.63. The summed E-state index contributed by atoms with van der Waals surface area (Å²) in [5, 5.41) is 6.04. The van der Waals surface area contributed by atoms with E-state index in [2.05, 4.69) is 46.4 Å². The monoisotopic (exact) mass is 315 g/mol. The fourth-order valence-corrected chi connectivity index (χ4v) is 3.61. The normalized spacial score (nSPS) is 15.5. The Labute approximate surface area is 135 Å². The number of carbonyl (C=O) groups is 1. The summed E-state index contributed by atoms with van der Waals surface area (Å²) in [5.74, 6) is 0.109. The average molecular weight is 315 g/mol. The van der Waals surface area contributed by atoms with Gasteiger partial charge in [0.25, 0.3) is 0 Å². The van der Waals surface area contributed by atoms with Crippen LogP contribution in [0.4, 0.5) is 0 Å². The number of hydrogen-bond donors (Lipinski definition) is 1. The van der Waals surface area contributed by atoms with Crippen LogP contribution >= 0.6 is 11.3 Å². The maximum absolute atomic E-state index is 12.2. The zero-order valence-corrected chi connectivity index (χ0v) is 13.6. The van der Waals surface area contributed by atoms with E-state index in [0.29, 0.717) is 6.42 Å². The van der Waals surface area contributed by atoms with Gasteiger partial charge in [0.2, 0.25) is 5.91 Å².